The molecule has 1 heterocycles. The molecule has 3 aromatic carbocycles. The van der Waals surface area contributed by atoms with E-state index in [4.69, 9.17) is 14.2 Å². The van der Waals surface area contributed by atoms with Gasteiger partial charge < -0.3 is 14.2 Å². The lowest BCUT2D eigenvalue weighted by Crippen LogP contribution is -2.37. The van der Waals surface area contributed by atoms with Crippen LogP contribution in [0.5, 0.6) is 17.2 Å². The summed E-state index contributed by atoms with van der Waals surface area (Å²) in [5.74, 6) is 4.28. The third-order valence-electron chi connectivity index (χ3n) is 10.5. The molecule has 0 spiro atoms. The van der Waals surface area contributed by atoms with Gasteiger partial charge in [0.1, 0.15) is 22.8 Å². The molecular weight excluding hydrogens is 568 g/mol. The molecule has 0 saturated carbocycles. The predicted molar refractivity (Wildman–Crippen MR) is 193 cm³/mol. The van der Waals surface area contributed by atoms with Crippen molar-refractivity contribution in [3.05, 3.63) is 64.7 Å². The van der Waals surface area contributed by atoms with E-state index in [0.717, 1.165) is 76.0 Å². The third kappa shape index (κ3) is 9.52. The third-order valence-corrected chi connectivity index (χ3v) is 10.5. The Kier molecular flexibility index (Phi) is 12.6. The fourth-order valence-electron chi connectivity index (χ4n) is 7.11. The van der Waals surface area contributed by atoms with Crippen LogP contribution in [0.15, 0.2) is 42.5 Å². The van der Waals surface area contributed by atoms with Crippen molar-refractivity contribution in [2.45, 2.75) is 138 Å². The second-order valence-electron chi connectivity index (χ2n) is 15.1. The number of rotatable bonds is 16. The van der Waals surface area contributed by atoms with Crippen LogP contribution in [0.25, 0.3) is 10.8 Å². The number of fused-ring (bicyclic) bond motifs is 2. The standard InChI is InChI=1S/C42H60O4/c1-28(2)13-10-14-29(3)15-11-16-30(4)17-12-23-42(8)24-22-38-33(7)39(25-31(5)40(38)46-42)45-41(43)32(6)34-18-19-36-27-37(44-9)21-20-35(36)26-34/h18-21,25-30,32H,10-17,22-24H2,1-9H3/t29?,30?,32-,42?/m1/s1. The summed E-state index contributed by atoms with van der Waals surface area (Å²) in [5.41, 5.74) is 4.03. The number of methoxy groups -OCH3 is 1. The van der Waals surface area contributed by atoms with Crippen molar-refractivity contribution in [2.24, 2.45) is 17.8 Å². The van der Waals surface area contributed by atoms with E-state index in [2.05, 4.69) is 54.5 Å². The highest BCUT2D eigenvalue weighted by Gasteiger charge is 2.34. The molecule has 4 nitrogen and oxygen atoms in total. The van der Waals surface area contributed by atoms with Gasteiger partial charge in [-0.1, -0.05) is 96.9 Å². The Morgan fingerprint density at radius 1 is 0.848 bits per heavy atom. The molecule has 4 rings (SSSR count). The van der Waals surface area contributed by atoms with Gasteiger partial charge in [-0.05, 0) is 117 Å². The van der Waals surface area contributed by atoms with Gasteiger partial charge in [0, 0.05) is 5.56 Å². The Hall–Kier alpha value is -3.01. The molecule has 3 unspecified atom stereocenters. The molecule has 4 atom stereocenters. The van der Waals surface area contributed by atoms with Crippen LogP contribution in [0.2, 0.25) is 0 Å². The van der Waals surface area contributed by atoms with E-state index in [0.29, 0.717) is 5.75 Å². The quantitative estimate of drug-likeness (QED) is 0.117. The van der Waals surface area contributed by atoms with Gasteiger partial charge >= 0.3 is 5.97 Å². The Balaban J connectivity index is 1.29. The van der Waals surface area contributed by atoms with Gasteiger partial charge in [0.15, 0.2) is 0 Å². The van der Waals surface area contributed by atoms with Gasteiger partial charge in [0.25, 0.3) is 0 Å². The first-order valence-corrected chi connectivity index (χ1v) is 18.0. The van der Waals surface area contributed by atoms with Crippen molar-refractivity contribution in [1.29, 1.82) is 0 Å². The van der Waals surface area contributed by atoms with E-state index in [1.807, 2.05) is 43.3 Å². The fourth-order valence-corrected chi connectivity index (χ4v) is 7.11. The second kappa shape index (κ2) is 16.2. The van der Waals surface area contributed by atoms with Gasteiger partial charge in [0.05, 0.1) is 13.0 Å². The molecule has 0 fully saturated rings. The van der Waals surface area contributed by atoms with Crippen molar-refractivity contribution >= 4 is 16.7 Å². The first-order chi connectivity index (χ1) is 21.9. The maximum absolute atomic E-state index is 13.3. The van der Waals surface area contributed by atoms with Gasteiger partial charge in [-0.3, -0.25) is 4.79 Å². The van der Waals surface area contributed by atoms with Crippen LogP contribution in [0, 0.1) is 31.6 Å². The Bertz CT molecular complexity index is 1460. The summed E-state index contributed by atoms with van der Waals surface area (Å²) in [4.78, 5) is 13.3. The van der Waals surface area contributed by atoms with Crippen LogP contribution in [0.3, 0.4) is 0 Å². The Labute approximate surface area is 279 Å². The number of hydrogen-bond acceptors (Lipinski definition) is 4. The van der Waals surface area contributed by atoms with E-state index in [9.17, 15) is 4.79 Å². The first kappa shape index (κ1) is 35.8. The zero-order chi connectivity index (χ0) is 33.4. The zero-order valence-corrected chi connectivity index (χ0v) is 30.3. The highest BCUT2D eigenvalue weighted by Crippen LogP contribution is 2.43. The maximum atomic E-state index is 13.3. The lowest BCUT2D eigenvalue weighted by Gasteiger charge is -2.38. The summed E-state index contributed by atoms with van der Waals surface area (Å²) in [5, 5.41) is 2.16. The zero-order valence-electron chi connectivity index (χ0n) is 30.3. The van der Waals surface area contributed by atoms with Gasteiger partial charge in [-0.15, -0.1) is 0 Å². The number of ether oxygens (including phenoxy) is 3. The Morgan fingerprint density at radius 2 is 1.48 bits per heavy atom. The minimum atomic E-state index is -0.387. The lowest BCUT2D eigenvalue weighted by atomic mass is 9.84. The number of carbonyl (C=O) groups is 1. The molecule has 4 heteroatoms. The fraction of sp³-hybridized carbons (Fsp3) is 0.595. The molecule has 0 aliphatic carbocycles. The van der Waals surface area contributed by atoms with Gasteiger partial charge in [-0.25, -0.2) is 0 Å². The summed E-state index contributed by atoms with van der Waals surface area (Å²) in [6.07, 6.45) is 13.7. The number of aryl methyl sites for hydroxylation is 1. The largest absolute Gasteiger partial charge is 0.497 e. The van der Waals surface area contributed by atoms with E-state index in [1.165, 1.54) is 56.9 Å². The van der Waals surface area contributed by atoms with E-state index < -0.39 is 0 Å². The molecule has 3 aromatic rings. The molecule has 0 aromatic heterocycles. The van der Waals surface area contributed by atoms with Crippen molar-refractivity contribution < 1.29 is 19.0 Å². The van der Waals surface area contributed by atoms with Gasteiger partial charge in [0.2, 0.25) is 0 Å². The number of esters is 1. The summed E-state index contributed by atoms with van der Waals surface area (Å²) in [6, 6.07) is 14.1. The van der Waals surface area contributed by atoms with E-state index >= 15 is 0 Å². The molecule has 1 aliphatic heterocycles. The van der Waals surface area contributed by atoms with Crippen LogP contribution in [0.1, 0.15) is 134 Å². The minimum Gasteiger partial charge on any atom is -0.497 e. The topological polar surface area (TPSA) is 44.8 Å². The van der Waals surface area contributed by atoms with Crippen LogP contribution < -0.4 is 14.2 Å². The summed E-state index contributed by atoms with van der Waals surface area (Å²) >= 11 is 0. The van der Waals surface area contributed by atoms with Crippen molar-refractivity contribution in [2.75, 3.05) is 7.11 Å². The van der Waals surface area contributed by atoms with Crippen molar-refractivity contribution in [3.63, 3.8) is 0 Å². The molecular formula is C42H60O4. The molecule has 0 radical (unpaired) electrons. The van der Waals surface area contributed by atoms with Crippen LogP contribution in [-0.4, -0.2) is 18.7 Å². The molecule has 46 heavy (non-hydrogen) atoms. The monoisotopic (exact) mass is 628 g/mol. The summed E-state index contributed by atoms with van der Waals surface area (Å²) < 4.78 is 18.2. The minimum absolute atomic E-state index is 0.151. The van der Waals surface area contributed by atoms with Crippen LogP contribution in [-0.2, 0) is 11.2 Å². The average molecular weight is 629 g/mol. The van der Waals surface area contributed by atoms with E-state index in [-0.39, 0.29) is 17.5 Å². The average Bonchev–Trinajstić information content (AvgIpc) is 3.02. The highest BCUT2D eigenvalue weighted by atomic mass is 16.5. The maximum Gasteiger partial charge on any atom is 0.318 e. The summed E-state index contributed by atoms with van der Waals surface area (Å²) in [6.45, 7) is 17.9. The predicted octanol–water partition coefficient (Wildman–Crippen LogP) is 11.7. The van der Waals surface area contributed by atoms with Crippen molar-refractivity contribution in [1.82, 2.24) is 0 Å². The van der Waals surface area contributed by atoms with Crippen LogP contribution in [0.4, 0.5) is 0 Å². The molecule has 0 saturated heterocycles. The first-order valence-electron chi connectivity index (χ1n) is 18.0. The molecule has 0 amide bonds. The molecule has 1 aliphatic rings. The Morgan fingerprint density at radius 3 is 2.15 bits per heavy atom. The molecule has 252 valence electrons. The second-order valence-corrected chi connectivity index (χ2v) is 15.1. The molecule has 0 bridgehead atoms. The summed E-state index contributed by atoms with van der Waals surface area (Å²) in [7, 11) is 1.67. The van der Waals surface area contributed by atoms with Crippen LogP contribution >= 0.6 is 0 Å². The van der Waals surface area contributed by atoms with E-state index in [1.54, 1.807) is 7.11 Å². The number of benzene rings is 3. The normalized spacial score (nSPS) is 18.1. The van der Waals surface area contributed by atoms with Crippen molar-refractivity contribution in [3.8, 4) is 17.2 Å². The highest BCUT2D eigenvalue weighted by molar-refractivity contribution is 5.87. The smallest absolute Gasteiger partial charge is 0.318 e. The number of hydrogen-bond donors (Lipinski definition) is 0. The SMILES string of the molecule is COc1ccc2cc([C@@H](C)C(=O)Oc3cc(C)c4c(c3C)CCC(C)(CCCC(C)CCCC(C)CCCC(C)C)O4)ccc2c1. The lowest BCUT2D eigenvalue weighted by molar-refractivity contribution is -0.135. The van der Waals surface area contributed by atoms with Gasteiger partial charge in [-0.2, -0.15) is 0 Å². The molecule has 0 N–H and O–H groups in total. The number of carbonyl (C=O) groups excluding carboxylic acids is 1.